The molecule has 0 saturated carbocycles. The van der Waals surface area contributed by atoms with Crippen molar-refractivity contribution in [2.45, 2.75) is 168 Å². The summed E-state index contributed by atoms with van der Waals surface area (Å²) < 4.78 is 47.1. The number of esters is 3. The van der Waals surface area contributed by atoms with Crippen molar-refractivity contribution in [2.75, 3.05) is 13.7 Å². The molecule has 17 nitrogen and oxygen atoms in total. The fraction of sp³-hybridized carbons (Fsp3) is 0.592. The van der Waals surface area contributed by atoms with Crippen LogP contribution in [0.3, 0.4) is 0 Å². The van der Waals surface area contributed by atoms with Gasteiger partial charge in [0, 0.05) is 52.7 Å². The van der Waals surface area contributed by atoms with Crippen LogP contribution in [-0.4, -0.2) is 141 Å². The molecule has 0 aromatic heterocycles. The van der Waals surface area contributed by atoms with Gasteiger partial charge in [-0.2, -0.15) is 6.92 Å². The zero-order valence-corrected chi connectivity index (χ0v) is 45.2. The Morgan fingerprint density at radius 2 is 1.59 bits per heavy atom. The Morgan fingerprint density at radius 1 is 0.928 bits per heavy atom. The second-order valence-corrected chi connectivity index (χ2v) is 18.5. The zero-order valence-electron chi connectivity index (χ0n) is 40.9. The summed E-state index contributed by atoms with van der Waals surface area (Å²) in [5.74, 6) is -4.21. The van der Waals surface area contributed by atoms with E-state index < -0.39 is 119 Å². The normalized spacial score (nSPS) is 35.1. The quantitative estimate of drug-likeness (QED) is 0.0626. The summed E-state index contributed by atoms with van der Waals surface area (Å²) in [5.41, 5.74) is 0.524. The number of phenols is 2. The number of rotatable bonds is 11. The number of benzene rings is 1. The number of hydrogen-bond acceptors (Lipinski definition) is 17. The predicted octanol–water partition coefficient (Wildman–Crippen LogP) is 6.19. The molecule has 6 N–H and O–H groups in total. The Labute approximate surface area is 439 Å². The SMILES string of the molecule is C[CH-][C@@H]1C/C=C(C)/C=C(\C)[C@H](O[C@@H]2OC(C)(C)[C@@H](OC(C)=O)[C@H](O)[C@@H]2O)[C@@H](CC)/C=C(\C)[C@@H](O)C/C=C/C=C(\CO[C@@H]2O[C@H](C)[C@@H](OC(=O)c3c(C)c(Cl)c(O)c(Cl)c3O)[C@H](O)[C@@H]2OC)C(=O)O1.[Y]. The van der Waals surface area contributed by atoms with E-state index in [2.05, 4.69) is 0 Å². The molecule has 4 rings (SSSR count). The van der Waals surface area contributed by atoms with Crippen LogP contribution in [0.4, 0.5) is 0 Å². The van der Waals surface area contributed by atoms with Gasteiger partial charge in [0.15, 0.2) is 36.3 Å². The summed E-state index contributed by atoms with van der Waals surface area (Å²) in [6, 6.07) is 0. The second-order valence-electron chi connectivity index (χ2n) is 17.8. The van der Waals surface area contributed by atoms with Gasteiger partial charge in [0.05, 0.1) is 35.5 Å². The van der Waals surface area contributed by atoms with Crippen LogP contribution in [0, 0.1) is 19.3 Å². The van der Waals surface area contributed by atoms with Gasteiger partial charge in [-0.25, -0.2) is 9.59 Å². The Kier molecular flexibility index (Phi) is 23.5. The molecule has 20 heteroatoms. The van der Waals surface area contributed by atoms with E-state index in [4.69, 9.17) is 61.1 Å². The maximum Gasteiger partial charge on any atom is 0.342 e. The molecular formula is C49H67Cl2O17Y-. The van der Waals surface area contributed by atoms with E-state index >= 15 is 0 Å². The van der Waals surface area contributed by atoms with Crippen molar-refractivity contribution >= 4 is 41.1 Å². The van der Waals surface area contributed by atoms with Gasteiger partial charge in [-0.15, -0.1) is 0 Å². The molecule has 0 aliphatic carbocycles. The molecule has 383 valence electrons. The van der Waals surface area contributed by atoms with Crippen molar-refractivity contribution in [3.63, 3.8) is 0 Å². The maximum atomic E-state index is 13.8. The monoisotopic (exact) mass is 1090 g/mol. The average Bonchev–Trinajstić information content (AvgIpc) is 3.28. The largest absolute Gasteiger partial charge is 0.505 e. The zero-order chi connectivity index (χ0) is 50.9. The number of hydrogen-bond donors (Lipinski definition) is 6. The molecule has 2 saturated heterocycles. The van der Waals surface area contributed by atoms with Crippen LogP contribution < -0.4 is 0 Å². The fourth-order valence-electron chi connectivity index (χ4n) is 8.19. The van der Waals surface area contributed by atoms with Gasteiger partial charge in [-0.1, -0.05) is 66.1 Å². The van der Waals surface area contributed by atoms with Crippen molar-refractivity contribution in [1.29, 1.82) is 0 Å². The first-order chi connectivity index (χ1) is 31.9. The number of cyclic esters (lactones) is 1. The maximum absolute atomic E-state index is 13.8. The van der Waals surface area contributed by atoms with Crippen LogP contribution in [0.25, 0.3) is 0 Å². The van der Waals surface area contributed by atoms with Crippen molar-refractivity contribution in [3.8, 4) is 11.5 Å². The van der Waals surface area contributed by atoms with Gasteiger partial charge in [-0.3, -0.25) is 11.2 Å². The third-order valence-corrected chi connectivity index (χ3v) is 13.0. The summed E-state index contributed by atoms with van der Waals surface area (Å²) in [6.07, 6.45) is -1.32. The van der Waals surface area contributed by atoms with Gasteiger partial charge in [0.2, 0.25) is 0 Å². The van der Waals surface area contributed by atoms with Crippen LogP contribution in [-0.2, 0) is 80.2 Å². The molecule has 0 bridgehead atoms. The van der Waals surface area contributed by atoms with Crippen LogP contribution in [0.2, 0.25) is 10.0 Å². The van der Waals surface area contributed by atoms with Crippen LogP contribution in [0.15, 0.2) is 58.7 Å². The van der Waals surface area contributed by atoms with Crippen LogP contribution in [0.1, 0.15) is 97.5 Å². The number of carbonyl (C=O) groups excluding carboxylic acids is 3. The van der Waals surface area contributed by atoms with Gasteiger partial charge in [0.1, 0.15) is 40.6 Å². The number of aliphatic hydroxyl groups is 4. The van der Waals surface area contributed by atoms with Gasteiger partial charge in [0.25, 0.3) is 0 Å². The first-order valence-corrected chi connectivity index (χ1v) is 23.2. The number of aliphatic hydroxyl groups excluding tert-OH is 4. The van der Waals surface area contributed by atoms with Gasteiger partial charge >= 0.3 is 17.9 Å². The van der Waals surface area contributed by atoms with E-state index in [1.165, 1.54) is 34.0 Å². The molecule has 3 heterocycles. The minimum atomic E-state index is -1.57. The Balaban J connectivity index is 0.0000126. The molecule has 0 amide bonds. The van der Waals surface area contributed by atoms with E-state index in [0.29, 0.717) is 12.0 Å². The van der Waals surface area contributed by atoms with Gasteiger partial charge < -0.3 is 68.5 Å². The Bertz CT molecular complexity index is 2090. The molecule has 0 unspecified atom stereocenters. The summed E-state index contributed by atoms with van der Waals surface area (Å²) >= 11 is 12.1. The molecule has 1 aromatic carbocycles. The second kappa shape index (κ2) is 26.8. The smallest absolute Gasteiger partial charge is 0.342 e. The van der Waals surface area contributed by atoms with Gasteiger partial charge in [-0.05, 0) is 96.6 Å². The minimum Gasteiger partial charge on any atom is -0.505 e. The van der Waals surface area contributed by atoms with E-state index in [1.54, 1.807) is 46.3 Å². The van der Waals surface area contributed by atoms with E-state index in [0.717, 1.165) is 11.1 Å². The number of ether oxygens (including phenoxy) is 8. The first-order valence-electron chi connectivity index (χ1n) is 22.4. The van der Waals surface area contributed by atoms with Crippen molar-refractivity contribution in [2.24, 2.45) is 5.92 Å². The number of phenolic OH excluding ortho intramolecular Hbond substituents is 2. The summed E-state index contributed by atoms with van der Waals surface area (Å²) in [6.45, 7) is 16.2. The van der Waals surface area contributed by atoms with E-state index in [-0.39, 0.29) is 74.2 Å². The van der Waals surface area contributed by atoms with E-state index in [1.807, 2.05) is 39.0 Å². The topological polar surface area (TPSA) is 246 Å². The van der Waals surface area contributed by atoms with Crippen LogP contribution in [0.5, 0.6) is 11.5 Å². The number of allylic oxidation sites excluding steroid dienone is 4. The predicted molar refractivity (Wildman–Crippen MR) is 250 cm³/mol. The summed E-state index contributed by atoms with van der Waals surface area (Å²) in [7, 11) is 1.28. The minimum absolute atomic E-state index is 0. The third-order valence-electron chi connectivity index (χ3n) is 12.2. The Hall–Kier alpha value is -2.75. The first kappa shape index (κ1) is 60.6. The molecule has 2 fully saturated rings. The van der Waals surface area contributed by atoms with Crippen LogP contribution >= 0.6 is 23.2 Å². The molecular weight excluding hydrogens is 1020 g/mol. The fourth-order valence-corrected chi connectivity index (χ4v) is 8.62. The number of carbonyl (C=O) groups is 3. The van der Waals surface area contributed by atoms with Crippen molar-refractivity contribution < 1.29 is 116 Å². The third kappa shape index (κ3) is 15.2. The molecule has 69 heavy (non-hydrogen) atoms. The number of aromatic hydroxyl groups is 2. The number of halogens is 2. The summed E-state index contributed by atoms with van der Waals surface area (Å²) in [5, 5.41) is 64.8. The van der Waals surface area contributed by atoms with Crippen molar-refractivity contribution in [3.05, 3.63) is 86.3 Å². The van der Waals surface area contributed by atoms with Crippen molar-refractivity contribution in [1.82, 2.24) is 0 Å². The average molecular weight is 1090 g/mol. The molecule has 13 atom stereocenters. The molecule has 3 aliphatic heterocycles. The Morgan fingerprint density at radius 3 is 2.20 bits per heavy atom. The standard InChI is InChI=1S/C49H67Cl2O17.Y/c1-12-29-21-24(4)32(53)17-15-14-16-30(22-62-48-43(61-11)40(58)42(27(7)63-48)66-46(60)33-26(6)34(50)37(55)35(51)36(33)54)45(59)65-31(13-2)19-18-23(3)20-25(5)41(29)67-47-39(57)38(56)44(64-28(8)52)49(9,10)68-47;/h13-16,18,20-21,27,29,31-32,38-44,47-48,53-58H,12,17,19,22H2,1-11H3;/q-1;/b15-14+,23-18+,24-21+,25-20+,30-16+;/t27-,29+,31-,32+,38-,39+,40+,41+,42-,43+,44+,47-,48-;/m1./s1. The molecule has 1 radical (unpaired) electrons. The number of methoxy groups -OCH3 is 1. The molecule has 3 aliphatic rings. The molecule has 1 aromatic rings. The summed E-state index contributed by atoms with van der Waals surface area (Å²) in [4.78, 5) is 39.0. The molecule has 0 spiro atoms. The van der Waals surface area contributed by atoms with E-state index in [9.17, 15) is 45.0 Å².